The van der Waals surface area contributed by atoms with Crippen molar-refractivity contribution >= 4 is 98.2 Å². The maximum atomic E-state index is 16.0. The molecule has 4 heterocycles. The Morgan fingerprint density at radius 3 is 1.81 bits per heavy atom. The van der Waals surface area contributed by atoms with E-state index in [1.807, 2.05) is 0 Å². The molecule has 0 bridgehead atoms. The maximum Gasteiger partial charge on any atom is 0.417 e. The topological polar surface area (TPSA) is 325 Å². The third-order valence-electron chi connectivity index (χ3n) is 24.9. The number of likely N-dealkylation sites (N-methyl/N-ethyl adjacent to an activating group) is 7. The lowest BCUT2D eigenvalue weighted by Gasteiger charge is -2.45. The minimum absolute atomic E-state index is 0.0128. The van der Waals surface area contributed by atoms with Gasteiger partial charge in [-0.25, -0.2) is 17.2 Å². The lowest BCUT2D eigenvalue weighted by molar-refractivity contribution is -0.160. The van der Waals surface area contributed by atoms with Gasteiger partial charge in [0.25, 0.3) is 5.92 Å². The summed E-state index contributed by atoms with van der Waals surface area (Å²) in [4.78, 5) is 209. The van der Waals surface area contributed by atoms with Crippen LogP contribution in [0.2, 0.25) is 5.02 Å². The van der Waals surface area contributed by atoms with E-state index in [0.717, 1.165) is 69.0 Å². The molecular formula is C78H117ClF5N13O15S. The highest BCUT2D eigenvalue weighted by atomic mass is 35.5. The summed E-state index contributed by atoms with van der Waals surface area (Å²) in [6, 6.07) is -10.1. The summed E-state index contributed by atoms with van der Waals surface area (Å²) < 4.78 is 97.3. The highest BCUT2D eigenvalue weighted by Crippen LogP contribution is 2.39. The number of piperidine rings is 1. The summed E-state index contributed by atoms with van der Waals surface area (Å²) in [5.41, 5.74) is -2.91. The Balaban J connectivity index is 1.24. The molecule has 632 valence electrons. The van der Waals surface area contributed by atoms with Gasteiger partial charge < -0.3 is 64.9 Å². The highest BCUT2D eigenvalue weighted by Gasteiger charge is 2.53. The second-order valence-electron chi connectivity index (χ2n) is 33.1. The van der Waals surface area contributed by atoms with Gasteiger partial charge in [0.2, 0.25) is 76.8 Å². The largest absolute Gasteiger partial charge is 0.417 e. The number of benzene rings is 1. The smallest absolute Gasteiger partial charge is 0.343 e. The number of alkyl halides is 5. The molecule has 4 saturated heterocycles. The van der Waals surface area contributed by atoms with Crippen molar-refractivity contribution in [2.24, 2.45) is 23.7 Å². The van der Waals surface area contributed by atoms with E-state index in [4.69, 9.17) is 11.6 Å². The molecule has 3 saturated carbocycles. The first-order chi connectivity index (χ1) is 52.9. The van der Waals surface area contributed by atoms with E-state index < -0.39 is 244 Å². The SMILES string of the molecule is CC[C@H](C)[C@@H]1NC(=O)[C@H](CC(C)C)N(C)C(=O)C[C@@H](C(=O)N2CCS(=O)(=O)CC2)N(C)C(=O)[C@H](C2CCCC2)N(C)C(=O)C2(CCCC2)NC(=O)[C@H](CC(=O)N2CCC(F)(F)CC2)N(C)C(=O)[C@H](CCc2ccc(C(F)(F)F)c(Cl)c2)NC(=O)CN(C)C(=O)[C@H](CC2CCCCC2)N(C)C(=O)C2CCN2C(=O)[C@H](C)N(C)C1=O. The fraction of sp³-hybridized carbons (Fsp3) is 0.756. The van der Waals surface area contributed by atoms with Gasteiger partial charge in [0, 0.05) is 94.9 Å². The number of halogens is 6. The number of carbonyl (C=O) groups excluding carboxylic acids is 13. The van der Waals surface area contributed by atoms with Gasteiger partial charge in [-0.1, -0.05) is 110 Å². The summed E-state index contributed by atoms with van der Waals surface area (Å²) >= 11 is 6.19. The van der Waals surface area contributed by atoms with Crippen LogP contribution in [0.3, 0.4) is 0 Å². The van der Waals surface area contributed by atoms with Crippen LogP contribution < -0.4 is 16.0 Å². The molecule has 0 aromatic heterocycles. The van der Waals surface area contributed by atoms with Gasteiger partial charge in [-0.05, 0) is 106 Å². The summed E-state index contributed by atoms with van der Waals surface area (Å²) in [5.74, 6) is -16.2. The predicted octanol–water partition coefficient (Wildman–Crippen LogP) is 5.29. The van der Waals surface area contributed by atoms with Crippen molar-refractivity contribution in [3.63, 3.8) is 0 Å². The predicted molar refractivity (Wildman–Crippen MR) is 408 cm³/mol. The fourth-order valence-electron chi connectivity index (χ4n) is 17.1. The van der Waals surface area contributed by atoms with Gasteiger partial charge in [-0.2, -0.15) is 13.2 Å². The van der Waals surface area contributed by atoms with Crippen LogP contribution in [0, 0.1) is 23.7 Å². The van der Waals surface area contributed by atoms with E-state index in [-0.39, 0.29) is 75.6 Å². The van der Waals surface area contributed by atoms with Crippen LogP contribution in [-0.4, -0.2) is 300 Å². The van der Waals surface area contributed by atoms with Crippen molar-refractivity contribution in [1.82, 2.24) is 64.9 Å². The van der Waals surface area contributed by atoms with E-state index in [1.54, 1.807) is 27.7 Å². The van der Waals surface area contributed by atoms with Crippen molar-refractivity contribution in [3.05, 3.63) is 34.3 Å². The number of hydrogen-bond donors (Lipinski definition) is 3. The lowest BCUT2D eigenvalue weighted by atomic mass is 9.84. The molecule has 10 atom stereocenters. The minimum Gasteiger partial charge on any atom is -0.343 e. The molecule has 1 aromatic rings. The first-order valence-corrected chi connectivity index (χ1v) is 42.2. The van der Waals surface area contributed by atoms with Crippen LogP contribution in [0.4, 0.5) is 22.0 Å². The molecule has 1 unspecified atom stereocenters. The van der Waals surface area contributed by atoms with Gasteiger partial charge >= 0.3 is 6.18 Å². The van der Waals surface area contributed by atoms with Crippen molar-refractivity contribution in [2.45, 2.75) is 254 Å². The van der Waals surface area contributed by atoms with E-state index in [2.05, 4.69) is 16.0 Å². The van der Waals surface area contributed by atoms with Crippen molar-refractivity contribution in [3.8, 4) is 0 Å². The van der Waals surface area contributed by atoms with E-state index in [9.17, 15) is 54.3 Å². The molecule has 7 fully saturated rings. The molecular weight excluding hydrogens is 1520 g/mol. The molecule has 4 aliphatic heterocycles. The van der Waals surface area contributed by atoms with Crippen LogP contribution in [0.1, 0.15) is 187 Å². The standard InChI is InChI=1S/C78H117ClF5N13O15S/c1-13-48(4)64-73(108)89(7)49(5)68(103)97-34-29-56(97)71(106)92(10)59(43-50-21-15-14-16-22-50)70(105)88(6)46-61(98)85-55(28-26-51-25-27-53(54(79)42-51)78(82,83)84)69(104)91(9)58(44-63(100)95-35-32-77(80,81)33-36-95)67(102)87-76(30-19-20-31-76)75(110)94(12)65(52-23-17-18-24-52)74(109)93(11)60(72(107)96-37-39-113(111,112)40-38-96)45-62(99)90(8)57(41-47(2)3)66(101)86-64/h25,27,42,47-50,52,55-60,64-65H,13-24,26,28-41,43-46H2,1-12H3,(H,85,98)(H,86,101)(H,87,102)/t48-,49-,55-,56?,57-,58-,59-,60-,64-,65-/m0/s1. The normalized spacial score (nSPS) is 28.1. The zero-order valence-corrected chi connectivity index (χ0v) is 69.0. The zero-order chi connectivity index (χ0) is 83.7. The van der Waals surface area contributed by atoms with Gasteiger partial charge in [0.1, 0.15) is 59.9 Å². The Bertz CT molecular complexity index is 3780. The van der Waals surface area contributed by atoms with E-state index in [1.165, 1.54) is 73.7 Å². The molecule has 35 heteroatoms. The summed E-state index contributed by atoms with van der Waals surface area (Å²) in [6.45, 7) is 6.39. The van der Waals surface area contributed by atoms with Crippen LogP contribution in [0.15, 0.2) is 18.2 Å². The molecule has 3 aliphatic carbocycles. The fourth-order valence-corrected chi connectivity index (χ4v) is 18.6. The van der Waals surface area contributed by atoms with Crippen LogP contribution in [-0.2, 0) is 84.8 Å². The monoisotopic (exact) mass is 1640 g/mol. The quantitative estimate of drug-likeness (QED) is 0.211. The van der Waals surface area contributed by atoms with Gasteiger partial charge in [0.15, 0.2) is 9.84 Å². The number of nitrogens with zero attached hydrogens (tertiary/aromatic N) is 10. The van der Waals surface area contributed by atoms with Gasteiger partial charge in [-0.3, -0.25) is 62.3 Å². The van der Waals surface area contributed by atoms with Crippen molar-refractivity contribution in [2.75, 3.05) is 100 Å². The van der Waals surface area contributed by atoms with Crippen LogP contribution >= 0.6 is 11.6 Å². The lowest BCUT2D eigenvalue weighted by Crippen LogP contribution is -2.66. The maximum absolute atomic E-state index is 16.0. The molecule has 7 aliphatic rings. The van der Waals surface area contributed by atoms with E-state index >= 15 is 38.4 Å². The molecule has 3 N–H and O–H groups in total. The Kier molecular flexibility index (Phi) is 30.8. The first kappa shape index (κ1) is 90.8. The van der Waals surface area contributed by atoms with Gasteiger partial charge in [0.05, 0.1) is 41.5 Å². The Morgan fingerprint density at radius 1 is 0.637 bits per heavy atom. The Labute approximate surface area is 665 Å². The minimum atomic E-state index is -4.86. The third-order valence-corrected chi connectivity index (χ3v) is 26.8. The molecule has 1 aromatic carbocycles. The second kappa shape index (κ2) is 38.3. The summed E-state index contributed by atoms with van der Waals surface area (Å²) in [5, 5.41) is 7.73. The first-order valence-electron chi connectivity index (χ1n) is 40.0. The van der Waals surface area contributed by atoms with Crippen LogP contribution in [0.5, 0.6) is 0 Å². The number of aryl methyl sites for hydroxylation is 1. The number of nitrogens with one attached hydrogen (secondary N) is 3. The average Bonchev–Trinajstić information content (AvgIpc) is 1.64. The third kappa shape index (κ3) is 22.1. The van der Waals surface area contributed by atoms with Crippen molar-refractivity contribution < 1.29 is 92.7 Å². The number of hydrogen-bond acceptors (Lipinski definition) is 15. The van der Waals surface area contributed by atoms with Crippen molar-refractivity contribution in [1.29, 1.82) is 0 Å². The molecule has 0 radical (unpaired) electrons. The molecule has 1 spiro atoms. The second-order valence-corrected chi connectivity index (χ2v) is 35.8. The molecule has 28 nitrogen and oxygen atoms in total. The number of amides is 13. The van der Waals surface area contributed by atoms with Crippen LogP contribution in [0.25, 0.3) is 0 Å². The highest BCUT2D eigenvalue weighted by molar-refractivity contribution is 7.91. The Hall–Kier alpha value is -7.78. The van der Waals surface area contributed by atoms with E-state index in [0.29, 0.717) is 57.8 Å². The molecule has 8 rings (SSSR count). The number of carbonyl (C=O) groups is 13. The average molecular weight is 1640 g/mol. The molecule has 113 heavy (non-hydrogen) atoms. The zero-order valence-electron chi connectivity index (χ0n) is 67.4. The summed E-state index contributed by atoms with van der Waals surface area (Å²) in [7, 11) is 5.60. The Morgan fingerprint density at radius 2 is 1.24 bits per heavy atom. The number of likely N-dealkylation sites (tertiary alicyclic amines) is 1. The molecule has 13 amide bonds. The summed E-state index contributed by atoms with van der Waals surface area (Å²) in [6.07, 6.45) is -1.54. The van der Waals surface area contributed by atoms with Gasteiger partial charge in [-0.15, -0.1) is 0 Å². The number of rotatable bonds is 13. The number of fused-ring (bicyclic) bond motifs is 1. The number of sulfone groups is 1.